The molecule has 0 saturated carbocycles. The van der Waals surface area contributed by atoms with Crippen LogP contribution in [0.25, 0.3) is 11.1 Å². The number of unbranched alkanes of at least 4 members (excludes halogenated alkanes) is 2. The molecule has 0 saturated heterocycles. The number of carbonyl (C=O) groups is 2. The Bertz CT molecular complexity index is 999. The number of fused-ring (bicyclic) bond motifs is 3. The van der Waals surface area contributed by atoms with Gasteiger partial charge in [-0.25, -0.2) is 9.59 Å². The summed E-state index contributed by atoms with van der Waals surface area (Å²) in [5, 5.41) is 0. The van der Waals surface area contributed by atoms with Crippen LogP contribution in [-0.2, 0) is 25.5 Å². The minimum absolute atomic E-state index is 0.348. The van der Waals surface area contributed by atoms with Gasteiger partial charge in [0.05, 0.1) is 26.4 Å². The first kappa shape index (κ1) is 26.1. The average Bonchev–Trinajstić information content (AvgIpc) is 3.19. The highest BCUT2D eigenvalue weighted by Gasteiger charge is 2.19. The molecular weight excluding hydrogens is 444 g/mol. The molecule has 186 valence electrons. The van der Waals surface area contributed by atoms with Gasteiger partial charge in [-0.15, -0.1) is 0 Å². The first-order valence-electron chi connectivity index (χ1n) is 12.0. The quantitative estimate of drug-likeness (QED) is 0.165. The lowest BCUT2D eigenvalue weighted by molar-refractivity contribution is -0.139. The van der Waals surface area contributed by atoms with E-state index in [1.807, 2.05) is 12.1 Å². The Kier molecular flexibility index (Phi) is 9.53. The molecule has 0 unspecified atom stereocenters. The van der Waals surface area contributed by atoms with Crippen LogP contribution in [0.1, 0.15) is 50.7 Å². The molecule has 35 heavy (non-hydrogen) atoms. The molecule has 6 heteroatoms. The van der Waals surface area contributed by atoms with Crippen molar-refractivity contribution < 1.29 is 28.5 Å². The highest BCUT2D eigenvalue weighted by atomic mass is 16.5. The van der Waals surface area contributed by atoms with E-state index in [1.165, 1.54) is 22.3 Å². The Morgan fingerprint density at radius 2 is 1.09 bits per heavy atom. The number of carbonyl (C=O) groups excluding carboxylic acids is 2. The molecule has 1 aliphatic rings. The molecule has 6 nitrogen and oxygen atoms in total. The van der Waals surface area contributed by atoms with Crippen LogP contribution in [0.5, 0.6) is 11.5 Å². The largest absolute Gasteiger partial charge is 0.494 e. The summed E-state index contributed by atoms with van der Waals surface area (Å²) in [6, 6.07) is 12.4. The Morgan fingerprint density at radius 1 is 0.686 bits per heavy atom. The molecule has 2 aromatic carbocycles. The highest BCUT2D eigenvalue weighted by molar-refractivity contribution is 5.87. The highest BCUT2D eigenvalue weighted by Crippen LogP contribution is 2.39. The Labute approximate surface area is 207 Å². The lowest BCUT2D eigenvalue weighted by Crippen LogP contribution is -2.07. The lowest BCUT2D eigenvalue weighted by Gasteiger charge is -2.09. The average molecular weight is 479 g/mol. The van der Waals surface area contributed by atoms with Crippen molar-refractivity contribution in [2.24, 2.45) is 0 Å². The van der Waals surface area contributed by atoms with Crippen LogP contribution in [0, 0.1) is 0 Å². The first-order chi connectivity index (χ1) is 16.8. The number of esters is 2. The fourth-order valence-electron chi connectivity index (χ4n) is 3.71. The van der Waals surface area contributed by atoms with Gasteiger partial charge in [0, 0.05) is 11.1 Å². The number of benzene rings is 2. The van der Waals surface area contributed by atoms with Crippen LogP contribution in [0.4, 0.5) is 0 Å². The second-order valence-electron chi connectivity index (χ2n) is 8.76. The fourth-order valence-corrected chi connectivity index (χ4v) is 3.71. The van der Waals surface area contributed by atoms with Crippen molar-refractivity contribution in [2.45, 2.75) is 46.0 Å². The monoisotopic (exact) mass is 478 g/mol. The molecule has 3 rings (SSSR count). The third kappa shape index (κ3) is 7.74. The van der Waals surface area contributed by atoms with E-state index in [9.17, 15) is 9.59 Å². The number of rotatable bonds is 14. The molecule has 2 aromatic rings. The van der Waals surface area contributed by atoms with Crippen LogP contribution in [0.3, 0.4) is 0 Å². The van der Waals surface area contributed by atoms with Crippen LogP contribution < -0.4 is 9.47 Å². The summed E-state index contributed by atoms with van der Waals surface area (Å²) in [5.74, 6) is 0.997. The van der Waals surface area contributed by atoms with Crippen molar-refractivity contribution in [3.05, 3.63) is 71.8 Å². The van der Waals surface area contributed by atoms with Gasteiger partial charge < -0.3 is 18.9 Å². The zero-order valence-electron chi connectivity index (χ0n) is 20.7. The van der Waals surface area contributed by atoms with Crippen LogP contribution in [0.2, 0.25) is 0 Å². The minimum atomic E-state index is -0.348. The molecule has 0 radical (unpaired) electrons. The number of ether oxygens (including phenoxy) is 4. The van der Waals surface area contributed by atoms with Gasteiger partial charge in [0.1, 0.15) is 11.5 Å². The van der Waals surface area contributed by atoms with Crippen molar-refractivity contribution in [3.8, 4) is 22.6 Å². The summed E-state index contributed by atoms with van der Waals surface area (Å²) < 4.78 is 22.0. The van der Waals surface area contributed by atoms with Crippen LogP contribution in [0.15, 0.2) is 60.7 Å². The third-order valence-corrected chi connectivity index (χ3v) is 5.60. The summed E-state index contributed by atoms with van der Waals surface area (Å²) in [4.78, 5) is 22.7. The van der Waals surface area contributed by atoms with E-state index < -0.39 is 0 Å². The van der Waals surface area contributed by atoms with Crippen LogP contribution >= 0.6 is 0 Å². The molecule has 0 aliphatic heterocycles. The summed E-state index contributed by atoms with van der Waals surface area (Å²) in [6.45, 7) is 12.3. The second-order valence-corrected chi connectivity index (χ2v) is 8.76. The molecular formula is C29H34O6. The SMILES string of the molecule is C=C(C)C(=O)OCCCCOc1ccc2c(c1)Cc1cc(OCCCCOC(=O)C(=C)C)ccc1-2. The summed E-state index contributed by atoms with van der Waals surface area (Å²) in [6.07, 6.45) is 3.94. The molecule has 0 amide bonds. The van der Waals surface area contributed by atoms with Gasteiger partial charge in [0.25, 0.3) is 0 Å². The van der Waals surface area contributed by atoms with Gasteiger partial charge in [-0.3, -0.25) is 0 Å². The minimum Gasteiger partial charge on any atom is -0.494 e. The molecule has 0 fully saturated rings. The van der Waals surface area contributed by atoms with Crippen molar-refractivity contribution in [3.63, 3.8) is 0 Å². The molecule has 1 aliphatic carbocycles. The topological polar surface area (TPSA) is 71.1 Å². The summed E-state index contributed by atoms with van der Waals surface area (Å²) in [5.41, 5.74) is 5.76. The summed E-state index contributed by atoms with van der Waals surface area (Å²) in [7, 11) is 0. The van der Waals surface area contributed by atoms with Gasteiger partial charge in [0.15, 0.2) is 0 Å². The molecule has 0 atom stereocenters. The van der Waals surface area contributed by atoms with Gasteiger partial charge in [-0.2, -0.15) is 0 Å². The predicted molar refractivity (Wildman–Crippen MR) is 136 cm³/mol. The van der Waals surface area contributed by atoms with E-state index >= 15 is 0 Å². The first-order valence-corrected chi connectivity index (χ1v) is 12.0. The van der Waals surface area contributed by atoms with E-state index in [1.54, 1.807) is 13.8 Å². The van der Waals surface area contributed by atoms with E-state index in [2.05, 4.69) is 37.4 Å². The van der Waals surface area contributed by atoms with Crippen molar-refractivity contribution in [1.82, 2.24) is 0 Å². The predicted octanol–water partition coefficient (Wildman–Crippen LogP) is 5.81. The van der Waals surface area contributed by atoms with E-state index in [0.29, 0.717) is 37.6 Å². The molecule has 0 aromatic heterocycles. The Balaban J connectivity index is 1.40. The molecule has 0 spiro atoms. The lowest BCUT2D eigenvalue weighted by atomic mass is 10.1. The van der Waals surface area contributed by atoms with Crippen molar-refractivity contribution in [2.75, 3.05) is 26.4 Å². The maximum Gasteiger partial charge on any atom is 0.333 e. The Morgan fingerprint density at radius 3 is 1.49 bits per heavy atom. The number of hydrogen-bond donors (Lipinski definition) is 0. The molecule has 0 bridgehead atoms. The van der Waals surface area contributed by atoms with Crippen LogP contribution in [-0.4, -0.2) is 38.4 Å². The van der Waals surface area contributed by atoms with E-state index in [4.69, 9.17) is 18.9 Å². The number of hydrogen-bond acceptors (Lipinski definition) is 6. The smallest absolute Gasteiger partial charge is 0.333 e. The fraction of sp³-hybridized carbons (Fsp3) is 0.379. The molecule has 0 N–H and O–H groups in total. The van der Waals surface area contributed by atoms with Crippen molar-refractivity contribution in [1.29, 1.82) is 0 Å². The Hall–Kier alpha value is -3.54. The zero-order valence-corrected chi connectivity index (χ0v) is 20.7. The van der Waals surface area contributed by atoms with E-state index in [-0.39, 0.29) is 11.9 Å². The molecule has 0 heterocycles. The maximum atomic E-state index is 11.4. The standard InChI is InChI=1S/C29H34O6/c1-20(2)28(30)34-15-7-5-13-32-24-9-11-26-22(18-24)17-23-19-25(10-12-27(23)26)33-14-6-8-16-35-29(31)21(3)4/h9-12,18-19H,1,3,5-8,13-17H2,2,4H3. The third-order valence-electron chi connectivity index (χ3n) is 5.60. The van der Waals surface area contributed by atoms with Gasteiger partial charge in [-0.1, -0.05) is 25.3 Å². The second kappa shape index (κ2) is 12.8. The van der Waals surface area contributed by atoms with Gasteiger partial charge >= 0.3 is 11.9 Å². The van der Waals surface area contributed by atoms with Gasteiger partial charge in [-0.05, 0) is 92.5 Å². The van der Waals surface area contributed by atoms with Crippen molar-refractivity contribution >= 4 is 11.9 Å². The summed E-state index contributed by atoms with van der Waals surface area (Å²) >= 11 is 0. The van der Waals surface area contributed by atoms with E-state index in [0.717, 1.165) is 43.6 Å². The maximum absolute atomic E-state index is 11.4. The van der Waals surface area contributed by atoms with Gasteiger partial charge in [0.2, 0.25) is 0 Å². The zero-order chi connectivity index (χ0) is 25.2. The normalized spacial score (nSPS) is 11.3.